The fourth-order valence-electron chi connectivity index (χ4n) is 4.14. The van der Waals surface area contributed by atoms with Crippen LogP contribution < -0.4 is 10.5 Å². The summed E-state index contributed by atoms with van der Waals surface area (Å²) in [6.45, 7) is 4.18. The van der Waals surface area contributed by atoms with Crippen molar-refractivity contribution in [3.05, 3.63) is 53.1 Å². The predicted molar refractivity (Wildman–Crippen MR) is 114 cm³/mol. The number of piperidine rings is 1. The van der Waals surface area contributed by atoms with Gasteiger partial charge in [0.1, 0.15) is 0 Å². The van der Waals surface area contributed by atoms with Gasteiger partial charge in [-0.15, -0.1) is 5.11 Å². The quantitative estimate of drug-likeness (QED) is 0.788. The zero-order chi connectivity index (χ0) is 20.4. The van der Waals surface area contributed by atoms with Crippen LogP contribution in [0.5, 0.6) is 0 Å². The number of azo groups is 1. The van der Waals surface area contributed by atoms with Gasteiger partial charge in [0.25, 0.3) is 0 Å². The number of primary sulfonamides is 1. The number of hydrogen-bond acceptors (Lipinski definition) is 6. The standard InChI is InChI=1S/C21H25N5O2S/c1-2-14-7-8-18(19(20(14)29(22,27)28)21-24-13-25-26-21)17-5-3-15(4-6-17)16-9-11-23-12-10-16/h3-8,16,23H,2,9-13H2,1H3,(H2,22,27,28). The van der Waals surface area contributed by atoms with E-state index in [1.807, 2.05) is 31.2 Å². The molecule has 0 radical (unpaired) electrons. The number of nitrogens with one attached hydrogen (secondary N) is 1. The molecule has 0 unspecified atom stereocenters. The van der Waals surface area contributed by atoms with Crippen LogP contribution in [0, 0.1) is 0 Å². The monoisotopic (exact) mass is 411 g/mol. The molecule has 29 heavy (non-hydrogen) atoms. The highest BCUT2D eigenvalue weighted by atomic mass is 32.2. The fraction of sp³-hybridized carbons (Fsp3) is 0.381. The zero-order valence-electron chi connectivity index (χ0n) is 16.4. The minimum atomic E-state index is -3.96. The van der Waals surface area contributed by atoms with E-state index in [-0.39, 0.29) is 11.6 Å². The number of aliphatic imine (C=N–C) groups is 1. The van der Waals surface area contributed by atoms with E-state index >= 15 is 0 Å². The van der Waals surface area contributed by atoms with Crippen molar-refractivity contribution in [3.8, 4) is 11.1 Å². The predicted octanol–water partition coefficient (Wildman–Crippen LogP) is 3.20. The van der Waals surface area contributed by atoms with Gasteiger partial charge in [-0.05, 0) is 60.5 Å². The molecule has 0 aromatic heterocycles. The lowest BCUT2D eigenvalue weighted by atomic mass is 9.88. The molecule has 0 bridgehead atoms. The third-order valence-electron chi connectivity index (χ3n) is 5.61. The first-order valence-corrected chi connectivity index (χ1v) is 11.5. The van der Waals surface area contributed by atoms with Gasteiger partial charge in [-0.1, -0.05) is 43.3 Å². The van der Waals surface area contributed by atoms with E-state index in [0.29, 0.717) is 29.3 Å². The average Bonchev–Trinajstić information content (AvgIpc) is 3.27. The largest absolute Gasteiger partial charge is 0.317 e. The smallest absolute Gasteiger partial charge is 0.239 e. The second-order valence-electron chi connectivity index (χ2n) is 7.39. The Morgan fingerprint density at radius 3 is 2.41 bits per heavy atom. The molecule has 0 spiro atoms. The molecule has 2 heterocycles. The van der Waals surface area contributed by atoms with E-state index < -0.39 is 10.0 Å². The molecule has 4 rings (SSSR count). The van der Waals surface area contributed by atoms with Crippen molar-refractivity contribution >= 4 is 15.9 Å². The Hall–Kier alpha value is -2.42. The van der Waals surface area contributed by atoms with Crippen LogP contribution in [-0.2, 0) is 16.4 Å². The van der Waals surface area contributed by atoms with Gasteiger partial charge >= 0.3 is 0 Å². The summed E-state index contributed by atoms with van der Waals surface area (Å²) in [7, 11) is -3.96. The van der Waals surface area contributed by atoms with Crippen LogP contribution in [0.2, 0.25) is 0 Å². The first-order chi connectivity index (χ1) is 14.0. The zero-order valence-corrected chi connectivity index (χ0v) is 17.2. The summed E-state index contributed by atoms with van der Waals surface area (Å²) in [5.74, 6) is 0.877. The van der Waals surface area contributed by atoms with Crippen LogP contribution in [0.25, 0.3) is 11.1 Å². The number of sulfonamides is 1. The Kier molecular flexibility index (Phi) is 5.58. The molecular weight excluding hydrogens is 386 g/mol. The van der Waals surface area contributed by atoms with Crippen molar-refractivity contribution in [1.29, 1.82) is 0 Å². The molecule has 0 saturated carbocycles. The third-order valence-corrected chi connectivity index (χ3v) is 6.65. The lowest BCUT2D eigenvalue weighted by molar-refractivity contribution is 0.460. The van der Waals surface area contributed by atoms with Crippen LogP contribution in [0.3, 0.4) is 0 Å². The Labute approximate surface area is 171 Å². The summed E-state index contributed by atoms with van der Waals surface area (Å²) < 4.78 is 25.0. The molecule has 3 N–H and O–H groups in total. The highest BCUT2D eigenvalue weighted by Gasteiger charge is 2.26. The minimum Gasteiger partial charge on any atom is -0.317 e. The van der Waals surface area contributed by atoms with Gasteiger partial charge in [0.15, 0.2) is 12.5 Å². The van der Waals surface area contributed by atoms with Crippen LogP contribution >= 0.6 is 0 Å². The van der Waals surface area contributed by atoms with E-state index in [9.17, 15) is 8.42 Å². The van der Waals surface area contributed by atoms with Gasteiger partial charge < -0.3 is 5.32 Å². The van der Waals surface area contributed by atoms with E-state index in [1.165, 1.54) is 5.56 Å². The summed E-state index contributed by atoms with van der Waals surface area (Å²) in [5.41, 5.74) is 4.08. The number of nitrogens with zero attached hydrogens (tertiary/aromatic N) is 3. The van der Waals surface area contributed by atoms with Crippen molar-refractivity contribution in [1.82, 2.24) is 5.32 Å². The number of nitrogens with two attached hydrogens (primary N) is 1. The van der Waals surface area contributed by atoms with Gasteiger partial charge in [-0.25, -0.2) is 18.5 Å². The summed E-state index contributed by atoms with van der Waals surface area (Å²) in [4.78, 5) is 4.39. The van der Waals surface area contributed by atoms with Gasteiger partial charge in [-0.2, -0.15) is 5.11 Å². The Bertz CT molecular complexity index is 1070. The van der Waals surface area contributed by atoms with Crippen molar-refractivity contribution in [2.45, 2.75) is 37.0 Å². The number of aryl methyl sites for hydroxylation is 1. The average molecular weight is 412 g/mol. The molecule has 2 aliphatic heterocycles. The first-order valence-electron chi connectivity index (χ1n) is 9.91. The van der Waals surface area contributed by atoms with Crippen molar-refractivity contribution in [2.24, 2.45) is 20.4 Å². The maximum atomic E-state index is 12.5. The second kappa shape index (κ2) is 8.14. The molecule has 152 valence electrons. The third kappa shape index (κ3) is 4.01. The van der Waals surface area contributed by atoms with E-state index in [1.54, 1.807) is 0 Å². The molecule has 2 aliphatic rings. The van der Waals surface area contributed by atoms with Crippen LogP contribution in [0.4, 0.5) is 0 Å². The summed E-state index contributed by atoms with van der Waals surface area (Å²) in [6, 6.07) is 12.1. The topological polar surface area (TPSA) is 109 Å². The molecule has 2 aromatic carbocycles. The van der Waals surface area contributed by atoms with E-state index in [2.05, 4.69) is 32.7 Å². The van der Waals surface area contributed by atoms with Crippen LogP contribution in [0.1, 0.15) is 42.4 Å². The lowest BCUT2D eigenvalue weighted by Crippen LogP contribution is -2.26. The van der Waals surface area contributed by atoms with Crippen LogP contribution in [-0.4, -0.2) is 34.0 Å². The molecule has 0 aliphatic carbocycles. The normalized spacial score (nSPS) is 17.5. The molecule has 0 amide bonds. The molecule has 2 aromatic rings. The molecule has 1 saturated heterocycles. The SMILES string of the molecule is CCc1ccc(-c2ccc(C3CCNCC3)cc2)c(C2=NCN=N2)c1S(N)(=O)=O. The summed E-state index contributed by atoms with van der Waals surface area (Å²) in [6.07, 6.45) is 2.79. The fourth-order valence-corrected chi connectivity index (χ4v) is 5.20. The lowest BCUT2D eigenvalue weighted by Gasteiger charge is -2.23. The molecule has 0 atom stereocenters. The van der Waals surface area contributed by atoms with E-state index in [0.717, 1.165) is 37.1 Å². The maximum Gasteiger partial charge on any atom is 0.239 e. The van der Waals surface area contributed by atoms with Crippen molar-refractivity contribution < 1.29 is 8.42 Å². The first kappa shape index (κ1) is 19.9. The Morgan fingerprint density at radius 1 is 1.10 bits per heavy atom. The number of rotatable bonds is 5. The number of hydrogen-bond donors (Lipinski definition) is 2. The molecular formula is C21H25N5O2S. The summed E-state index contributed by atoms with van der Waals surface area (Å²) >= 11 is 0. The highest BCUT2D eigenvalue weighted by molar-refractivity contribution is 7.89. The molecule has 7 nitrogen and oxygen atoms in total. The van der Waals surface area contributed by atoms with Crippen molar-refractivity contribution in [3.63, 3.8) is 0 Å². The highest BCUT2D eigenvalue weighted by Crippen LogP contribution is 2.34. The summed E-state index contributed by atoms with van der Waals surface area (Å²) in [5, 5.41) is 17.0. The Morgan fingerprint density at radius 2 is 1.83 bits per heavy atom. The van der Waals surface area contributed by atoms with Crippen molar-refractivity contribution in [2.75, 3.05) is 19.8 Å². The molecule has 1 fully saturated rings. The maximum absolute atomic E-state index is 12.5. The minimum absolute atomic E-state index is 0.0968. The van der Waals surface area contributed by atoms with Gasteiger partial charge in [0, 0.05) is 5.56 Å². The van der Waals surface area contributed by atoms with Gasteiger partial charge in [0.2, 0.25) is 10.0 Å². The van der Waals surface area contributed by atoms with Gasteiger partial charge in [-0.3, -0.25) is 0 Å². The Balaban J connectivity index is 1.84. The second-order valence-corrected chi connectivity index (χ2v) is 8.88. The van der Waals surface area contributed by atoms with E-state index in [4.69, 9.17) is 5.14 Å². The van der Waals surface area contributed by atoms with Gasteiger partial charge in [0.05, 0.1) is 4.90 Å². The van der Waals surface area contributed by atoms with Crippen LogP contribution in [0.15, 0.2) is 56.5 Å². The number of amidine groups is 1. The number of benzene rings is 2. The molecule has 8 heteroatoms.